The van der Waals surface area contributed by atoms with Crippen LogP contribution in [0.3, 0.4) is 0 Å². The molecule has 0 bridgehead atoms. The van der Waals surface area contributed by atoms with Crippen molar-refractivity contribution < 1.29 is 19.1 Å². The molecule has 0 aliphatic carbocycles. The van der Waals surface area contributed by atoms with E-state index in [1.807, 2.05) is 0 Å². The average Bonchev–Trinajstić information content (AvgIpc) is 2.54. The maximum atomic E-state index is 12.9. The van der Waals surface area contributed by atoms with Crippen LogP contribution < -0.4 is 0 Å². The molecule has 6 heteroatoms. The van der Waals surface area contributed by atoms with Gasteiger partial charge in [0.15, 0.2) is 0 Å². The Morgan fingerprint density at radius 3 is 2.42 bits per heavy atom. The third-order valence-corrected chi connectivity index (χ3v) is 3.63. The van der Waals surface area contributed by atoms with E-state index in [0.717, 1.165) is 5.06 Å². The molecule has 1 aliphatic heterocycles. The lowest BCUT2D eigenvalue weighted by molar-refractivity contribution is -0.564. The van der Waals surface area contributed by atoms with Crippen LogP contribution in [0, 0.1) is 11.0 Å². The summed E-state index contributed by atoms with van der Waals surface area (Å²) in [5.41, 5.74) is -0.934. The van der Waals surface area contributed by atoms with Crippen molar-refractivity contribution >= 4 is 11.5 Å². The zero-order chi connectivity index (χ0) is 14.4. The molecule has 0 radical (unpaired) electrons. The fraction of sp³-hybridized carbons (Fsp3) is 0.385. The highest BCUT2D eigenvalue weighted by molar-refractivity contribution is 6.03. The van der Waals surface area contributed by atoms with Crippen molar-refractivity contribution in [2.45, 2.75) is 32.5 Å². The summed E-state index contributed by atoms with van der Waals surface area (Å²) in [5, 5.41) is 23.1. The number of Topliss-reactive ketones (excluding diaryl/α,β-unsaturated/α-hetero) is 1. The van der Waals surface area contributed by atoms with E-state index in [4.69, 9.17) is 0 Å². The lowest BCUT2D eigenvalue weighted by atomic mass is 10.1. The van der Waals surface area contributed by atoms with E-state index in [1.54, 1.807) is 6.92 Å². The van der Waals surface area contributed by atoms with Crippen molar-refractivity contribution in [3.63, 3.8) is 0 Å². The van der Waals surface area contributed by atoms with Gasteiger partial charge in [0, 0.05) is 19.4 Å². The van der Waals surface area contributed by atoms with Crippen molar-refractivity contribution in [2.24, 2.45) is 0 Å². The number of ketones is 1. The second-order valence-electron chi connectivity index (χ2n) is 4.78. The van der Waals surface area contributed by atoms with Gasteiger partial charge in [-0.15, -0.1) is 5.06 Å². The van der Waals surface area contributed by atoms with Crippen LogP contribution in [0.1, 0.15) is 26.3 Å². The van der Waals surface area contributed by atoms with Gasteiger partial charge in [0.25, 0.3) is 0 Å². The topological polar surface area (TPSA) is 66.6 Å². The predicted octanol–water partition coefficient (Wildman–Crippen LogP) is 1.52. The number of hydroxylamine groups is 3. The molecule has 1 heterocycles. The minimum absolute atomic E-state index is 0.236. The zero-order valence-electron chi connectivity index (χ0n) is 10.9. The van der Waals surface area contributed by atoms with E-state index in [9.17, 15) is 19.6 Å². The molecule has 2 atom stereocenters. The van der Waals surface area contributed by atoms with E-state index in [2.05, 4.69) is 0 Å². The summed E-state index contributed by atoms with van der Waals surface area (Å²) >= 11 is 0. The van der Waals surface area contributed by atoms with Gasteiger partial charge in [0.05, 0.1) is 0 Å². The van der Waals surface area contributed by atoms with E-state index < -0.39 is 23.3 Å². The number of rotatable bonds is 2. The highest BCUT2D eigenvalue weighted by Gasteiger charge is 2.56. The Hall–Kier alpha value is -1.79. The molecule has 0 amide bonds. The summed E-state index contributed by atoms with van der Waals surface area (Å²) in [6.07, 6.45) is 0. The fourth-order valence-corrected chi connectivity index (χ4v) is 2.27. The zero-order valence-corrected chi connectivity index (χ0v) is 10.9. The molecule has 0 aromatic heterocycles. The Balaban J connectivity index is 2.58. The molecular formula is C13H15FN2O3. The Labute approximate surface area is 110 Å². The van der Waals surface area contributed by atoms with Gasteiger partial charge < -0.3 is 10.4 Å². The minimum atomic E-state index is -1.65. The largest absolute Gasteiger partial charge is 0.622 e. The number of halogens is 1. The van der Waals surface area contributed by atoms with E-state index in [0.29, 0.717) is 10.3 Å². The van der Waals surface area contributed by atoms with Crippen molar-refractivity contribution in [3.05, 3.63) is 40.9 Å². The van der Waals surface area contributed by atoms with Crippen molar-refractivity contribution in [2.75, 3.05) is 0 Å². The van der Waals surface area contributed by atoms with Gasteiger partial charge >= 0.3 is 5.66 Å². The number of hydrogen-bond acceptors (Lipinski definition) is 4. The standard InChI is InChI=1S/C13H15FN2O3/c1-8-12(10-4-6-11(14)7-5-10)16(19)13(3,9(2)17)15(8)18/h4-8,18H,1-3H3/t8-,13+/m0/s1. The van der Waals surface area contributed by atoms with Gasteiger partial charge in [0.1, 0.15) is 11.9 Å². The number of nitrogens with zero attached hydrogens (tertiary/aromatic N) is 2. The highest BCUT2D eigenvalue weighted by atomic mass is 19.1. The number of carbonyl (C=O) groups excluding carboxylic acids is 1. The van der Waals surface area contributed by atoms with Crippen LogP contribution in [0.4, 0.5) is 4.39 Å². The van der Waals surface area contributed by atoms with Gasteiger partial charge in [-0.3, -0.25) is 4.79 Å². The maximum absolute atomic E-state index is 12.9. The van der Waals surface area contributed by atoms with Gasteiger partial charge in [-0.05, 0) is 31.2 Å². The second-order valence-corrected chi connectivity index (χ2v) is 4.78. The normalized spacial score (nSPS) is 27.9. The Kier molecular flexibility index (Phi) is 3.15. The first-order valence-corrected chi connectivity index (χ1v) is 5.89. The van der Waals surface area contributed by atoms with E-state index >= 15 is 0 Å². The van der Waals surface area contributed by atoms with Crippen LogP contribution >= 0.6 is 0 Å². The predicted molar refractivity (Wildman–Crippen MR) is 66.3 cm³/mol. The lowest BCUT2D eigenvalue weighted by Crippen LogP contribution is -2.53. The van der Waals surface area contributed by atoms with Gasteiger partial charge in [-0.2, -0.15) is 4.74 Å². The average molecular weight is 266 g/mol. The molecule has 5 nitrogen and oxygen atoms in total. The third kappa shape index (κ3) is 1.84. The van der Waals surface area contributed by atoms with Gasteiger partial charge in [0.2, 0.25) is 11.5 Å². The van der Waals surface area contributed by atoms with Crippen molar-refractivity contribution in [1.82, 2.24) is 5.06 Å². The monoisotopic (exact) mass is 266 g/mol. The smallest absolute Gasteiger partial charge is 0.307 e. The molecule has 2 rings (SSSR count). The Morgan fingerprint density at radius 2 is 2.00 bits per heavy atom. The molecule has 19 heavy (non-hydrogen) atoms. The van der Waals surface area contributed by atoms with Crippen LogP contribution in [0.5, 0.6) is 0 Å². The van der Waals surface area contributed by atoms with Gasteiger partial charge in [-0.25, -0.2) is 4.39 Å². The molecule has 102 valence electrons. The molecule has 1 aromatic carbocycles. The molecule has 1 aliphatic rings. The molecule has 0 spiro atoms. The molecule has 0 fully saturated rings. The number of carbonyl (C=O) groups is 1. The minimum Gasteiger partial charge on any atom is -0.622 e. The lowest BCUT2D eigenvalue weighted by Gasteiger charge is -2.26. The van der Waals surface area contributed by atoms with E-state index in [1.165, 1.54) is 38.1 Å². The molecule has 1 aromatic rings. The molecule has 0 saturated heterocycles. The van der Waals surface area contributed by atoms with Crippen LogP contribution in [-0.2, 0) is 4.79 Å². The summed E-state index contributed by atoms with van der Waals surface area (Å²) in [4.78, 5) is 11.6. The number of hydrogen-bond donors (Lipinski definition) is 1. The summed E-state index contributed by atoms with van der Waals surface area (Å²) in [6, 6.07) is 4.71. The van der Waals surface area contributed by atoms with E-state index in [-0.39, 0.29) is 5.71 Å². The molecule has 0 saturated carbocycles. The summed E-state index contributed by atoms with van der Waals surface area (Å²) in [5.74, 6) is -0.878. The quantitative estimate of drug-likeness (QED) is 0.651. The number of benzene rings is 1. The fourth-order valence-electron chi connectivity index (χ4n) is 2.27. The Morgan fingerprint density at radius 1 is 1.47 bits per heavy atom. The van der Waals surface area contributed by atoms with Crippen molar-refractivity contribution in [3.8, 4) is 0 Å². The molecular weight excluding hydrogens is 251 g/mol. The summed E-state index contributed by atoms with van der Waals surface area (Å²) in [7, 11) is 0. The maximum Gasteiger partial charge on any atom is 0.307 e. The second kappa shape index (κ2) is 4.40. The summed E-state index contributed by atoms with van der Waals surface area (Å²) in [6.45, 7) is 4.21. The van der Waals surface area contributed by atoms with Gasteiger partial charge in [-0.1, -0.05) is 0 Å². The van der Waals surface area contributed by atoms with Crippen LogP contribution in [-0.4, -0.2) is 38.2 Å². The first kappa shape index (κ1) is 13.6. The van der Waals surface area contributed by atoms with Crippen LogP contribution in [0.15, 0.2) is 24.3 Å². The molecule has 0 unspecified atom stereocenters. The SMILES string of the molecule is CC(=O)[C@]1(C)N(O)[C@@H](C)C(c2ccc(F)cc2)=[N+]1[O-]. The highest BCUT2D eigenvalue weighted by Crippen LogP contribution is 2.28. The van der Waals surface area contributed by atoms with Crippen molar-refractivity contribution in [1.29, 1.82) is 0 Å². The third-order valence-electron chi connectivity index (χ3n) is 3.63. The first-order valence-electron chi connectivity index (χ1n) is 5.89. The molecule has 1 N–H and O–H groups in total. The first-order chi connectivity index (χ1) is 8.80. The Bertz CT molecular complexity index is 556. The van der Waals surface area contributed by atoms with Crippen LogP contribution in [0.25, 0.3) is 0 Å². The summed E-state index contributed by atoms with van der Waals surface area (Å²) < 4.78 is 13.4. The van der Waals surface area contributed by atoms with Crippen LogP contribution in [0.2, 0.25) is 0 Å².